The van der Waals surface area contributed by atoms with Crippen molar-refractivity contribution in [2.45, 2.75) is 42.1 Å². The second kappa shape index (κ2) is 6.23. The normalized spacial score (nSPS) is 31.3. The first kappa shape index (κ1) is 17.6. The molecule has 134 valence electrons. The Morgan fingerprint density at radius 3 is 2.32 bits per heavy atom. The average Bonchev–Trinajstić information content (AvgIpc) is 2.85. The van der Waals surface area contributed by atoms with Gasteiger partial charge in [0.25, 0.3) is 0 Å². The standard InChI is InChI=1S/C16H19N3O5S/c1-16(2)11(15(23)24)19-14(25-16)10-13(22)17-9(12(21)18-10)7-3-5-8(20)6-4-7/h3-6,9-11,14,19-20H,1-2H3,(H,17,22)(H,18,21)(H,23,24)/t9?,10?,11-,14-/m0/s1. The van der Waals surface area contributed by atoms with Gasteiger partial charge in [-0.15, -0.1) is 11.8 Å². The maximum Gasteiger partial charge on any atom is 0.322 e. The SMILES string of the molecule is CC1(C)S[C@@H](C2NC(=O)C(c3ccc(O)cc3)NC2=O)N[C@H]1C(=O)O. The topological polar surface area (TPSA) is 128 Å². The van der Waals surface area contributed by atoms with Crippen LogP contribution in [0, 0.1) is 0 Å². The van der Waals surface area contributed by atoms with Gasteiger partial charge in [0.15, 0.2) is 0 Å². The lowest BCUT2D eigenvalue weighted by atomic mass is 10.0. The number of aromatic hydroxyl groups is 1. The minimum atomic E-state index is -0.996. The molecule has 9 heteroatoms. The molecule has 1 aromatic carbocycles. The van der Waals surface area contributed by atoms with Crippen LogP contribution < -0.4 is 16.0 Å². The summed E-state index contributed by atoms with van der Waals surface area (Å²) < 4.78 is -0.616. The van der Waals surface area contributed by atoms with Crippen molar-refractivity contribution in [3.63, 3.8) is 0 Å². The summed E-state index contributed by atoms with van der Waals surface area (Å²) in [7, 11) is 0. The number of carbonyl (C=O) groups is 3. The fourth-order valence-electron chi connectivity index (χ4n) is 3.04. The Morgan fingerprint density at radius 1 is 1.12 bits per heavy atom. The minimum absolute atomic E-state index is 0.0673. The highest BCUT2D eigenvalue weighted by molar-refractivity contribution is 8.01. The molecule has 2 heterocycles. The van der Waals surface area contributed by atoms with Gasteiger partial charge < -0.3 is 20.8 Å². The molecule has 25 heavy (non-hydrogen) atoms. The summed E-state index contributed by atoms with van der Waals surface area (Å²) in [4.78, 5) is 36.3. The predicted molar refractivity (Wildman–Crippen MR) is 90.9 cm³/mol. The summed E-state index contributed by atoms with van der Waals surface area (Å²) in [5.41, 5.74) is 0.554. The van der Waals surface area contributed by atoms with E-state index in [0.29, 0.717) is 5.56 Å². The lowest BCUT2D eigenvalue weighted by Crippen LogP contribution is -2.63. The third-order valence-electron chi connectivity index (χ3n) is 4.36. The molecule has 3 rings (SSSR count). The molecule has 0 aliphatic carbocycles. The molecule has 0 spiro atoms. The fourth-order valence-corrected chi connectivity index (χ4v) is 4.53. The van der Waals surface area contributed by atoms with Gasteiger partial charge in [-0.05, 0) is 31.5 Å². The number of hydrogen-bond acceptors (Lipinski definition) is 6. The summed E-state index contributed by atoms with van der Waals surface area (Å²) in [6.45, 7) is 3.57. The highest BCUT2D eigenvalue weighted by Gasteiger charge is 2.50. The van der Waals surface area contributed by atoms with Crippen LogP contribution >= 0.6 is 11.8 Å². The van der Waals surface area contributed by atoms with Crippen LogP contribution in [0.15, 0.2) is 24.3 Å². The highest BCUT2D eigenvalue weighted by atomic mass is 32.2. The number of rotatable bonds is 3. The van der Waals surface area contributed by atoms with Crippen molar-refractivity contribution in [3.05, 3.63) is 29.8 Å². The average molecular weight is 365 g/mol. The number of amides is 2. The van der Waals surface area contributed by atoms with Gasteiger partial charge in [0.05, 0.1) is 5.37 Å². The number of phenols is 1. The second-order valence-corrected chi connectivity index (χ2v) is 8.39. The Kier molecular flexibility index (Phi) is 4.38. The first-order chi connectivity index (χ1) is 11.7. The first-order valence-electron chi connectivity index (χ1n) is 7.75. The smallest absolute Gasteiger partial charge is 0.322 e. The highest BCUT2D eigenvalue weighted by Crippen LogP contribution is 2.39. The maximum atomic E-state index is 12.5. The molecule has 2 amide bonds. The lowest BCUT2D eigenvalue weighted by molar-refractivity contribution is -0.140. The van der Waals surface area contributed by atoms with E-state index >= 15 is 0 Å². The summed E-state index contributed by atoms with van der Waals surface area (Å²) in [5, 5.41) is 26.4. The van der Waals surface area contributed by atoms with Crippen LogP contribution in [0.1, 0.15) is 25.5 Å². The monoisotopic (exact) mass is 365 g/mol. The van der Waals surface area contributed by atoms with Crippen molar-refractivity contribution < 1.29 is 24.6 Å². The Hall–Kier alpha value is -2.26. The molecule has 0 radical (unpaired) electrons. The predicted octanol–water partition coefficient (Wildman–Crippen LogP) is -0.0578. The van der Waals surface area contributed by atoms with Crippen LogP contribution in [0.4, 0.5) is 0 Å². The number of carboxylic acid groups (broad SMARTS) is 1. The number of aliphatic carboxylic acids is 1. The van der Waals surface area contributed by atoms with Crippen molar-refractivity contribution in [3.8, 4) is 5.75 Å². The molecule has 8 nitrogen and oxygen atoms in total. The quantitative estimate of drug-likeness (QED) is 0.508. The van der Waals surface area contributed by atoms with E-state index in [4.69, 9.17) is 0 Å². The molecule has 5 N–H and O–H groups in total. The van der Waals surface area contributed by atoms with E-state index in [1.165, 1.54) is 23.9 Å². The Labute approximate surface area is 148 Å². The number of piperazine rings is 1. The van der Waals surface area contributed by atoms with E-state index in [1.807, 2.05) is 0 Å². The van der Waals surface area contributed by atoms with Crippen molar-refractivity contribution in [2.75, 3.05) is 0 Å². The van der Waals surface area contributed by atoms with Gasteiger partial charge in [-0.25, -0.2) is 0 Å². The van der Waals surface area contributed by atoms with Crippen LogP contribution in [0.3, 0.4) is 0 Å². The van der Waals surface area contributed by atoms with Gasteiger partial charge in [0, 0.05) is 4.75 Å². The number of nitrogens with one attached hydrogen (secondary N) is 3. The van der Waals surface area contributed by atoms with Gasteiger partial charge in [0.1, 0.15) is 23.9 Å². The second-order valence-electron chi connectivity index (χ2n) is 6.60. The first-order valence-corrected chi connectivity index (χ1v) is 8.63. The third kappa shape index (κ3) is 3.29. The van der Waals surface area contributed by atoms with E-state index in [1.54, 1.807) is 26.0 Å². The van der Waals surface area contributed by atoms with E-state index in [2.05, 4.69) is 16.0 Å². The van der Waals surface area contributed by atoms with E-state index in [0.717, 1.165) is 0 Å². The van der Waals surface area contributed by atoms with Gasteiger partial charge in [-0.1, -0.05) is 12.1 Å². The van der Waals surface area contributed by atoms with Gasteiger partial charge in [0.2, 0.25) is 11.8 Å². The number of thioether (sulfide) groups is 1. The molecule has 0 aromatic heterocycles. The number of hydrogen-bond donors (Lipinski definition) is 5. The molecule has 0 saturated carbocycles. The maximum absolute atomic E-state index is 12.5. The van der Waals surface area contributed by atoms with Gasteiger partial charge >= 0.3 is 5.97 Å². The third-order valence-corrected chi connectivity index (χ3v) is 5.87. The summed E-state index contributed by atoms with van der Waals surface area (Å²) >= 11 is 1.32. The molecule has 2 aliphatic rings. The summed E-state index contributed by atoms with van der Waals surface area (Å²) in [6.07, 6.45) is 0. The Bertz CT molecular complexity index is 721. The number of carboxylic acids is 1. The largest absolute Gasteiger partial charge is 0.508 e. The van der Waals surface area contributed by atoms with Crippen molar-refractivity contribution >= 4 is 29.5 Å². The van der Waals surface area contributed by atoms with Crippen molar-refractivity contribution in [1.29, 1.82) is 0 Å². The zero-order valence-corrected chi connectivity index (χ0v) is 14.5. The van der Waals surface area contributed by atoms with Crippen molar-refractivity contribution in [1.82, 2.24) is 16.0 Å². The van der Waals surface area contributed by atoms with E-state index < -0.39 is 34.2 Å². The summed E-state index contributed by atoms with van der Waals surface area (Å²) in [6, 6.07) is 3.47. The number of phenolic OH excluding ortho intramolecular Hbond substituents is 1. The zero-order valence-electron chi connectivity index (χ0n) is 13.6. The van der Waals surface area contributed by atoms with Crippen LogP contribution in [0.5, 0.6) is 5.75 Å². The molecular formula is C16H19N3O5S. The Balaban J connectivity index is 1.75. The van der Waals surface area contributed by atoms with Crippen molar-refractivity contribution in [2.24, 2.45) is 0 Å². The van der Waals surface area contributed by atoms with E-state index in [-0.39, 0.29) is 17.6 Å². The van der Waals surface area contributed by atoms with Crippen LogP contribution in [-0.2, 0) is 14.4 Å². The lowest BCUT2D eigenvalue weighted by Gasteiger charge is -2.32. The molecule has 2 fully saturated rings. The fraction of sp³-hybridized carbons (Fsp3) is 0.438. The van der Waals surface area contributed by atoms with E-state index in [9.17, 15) is 24.6 Å². The molecular weight excluding hydrogens is 346 g/mol. The van der Waals surface area contributed by atoms with Crippen LogP contribution in [0.2, 0.25) is 0 Å². The van der Waals surface area contributed by atoms with Crippen LogP contribution in [0.25, 0.3) is 0 Å². The minimum Gasteiger partial charge on any atom is -0.508 e. The zero-order chi connectivity index (χ0) is 18.4. The molecule has 4 atom stereocenters. The van der Waals surface area contributed by atoms with Crippen LogP contribution in [-0.4, -0.2) is 50.2 Å². The van der Waals surface area contributed by atoms with Gasteiger partial charge in [-0.3, -0.25) is 19.7 Å². The molecule has 2 unspecified atom stereocenters. The molecule has 1 aromatic rings. The molecule has 2 saturated heterocycles. The number of benzene rings is 1. The van der Waals surface area contributed by atoms with Gasteiger partial charge in [-0.2, -0.15) is 0 Å². The summed E-state index contributed by atoms with van der Waals surface area (Å²) in [5.74, 6) is -1.69. The molecule has 0 bridgehead atoms. The Morgan fingerprint density at radius 2 is 1.76 bits per heavy atom. The molecule has 2 aliphatic heterocycles. The number of carbonyl (C=O) groups excluding carboxylic acids is 2.